The Labute approximate surface area is 218 Å². The van der Waals surface area contributed by atoms with E-state index in [2.05, 4.69) is 87.4 Å². The van der Waals surface area contributed by atoms with Crippen molar-refractivity contribution in [2.75, 3.05) is 18.0 Å². The number of unbranched alkanes of at least 4 members (excludes halogenated alkanes) is 2. The Morgan fingerprint density at radius 3 is 2.50 bits per heavy atom. The summed E-state index contributed by atoms with van der Waals surface area (Å²) in [5, 5.41) is 19.4. The van der Waals surface area contributed by atoms with Gasteiger partial charge in [-0.3, -0.25) is 0 Å². The molecule has 1 aromatic heterocycles. The summed E-state index contributed by atoms with van der Waals surface area (Å²) in [5.41, 5.74) is 4.72. The Hall–Kier alpha value is -2.58. The van der Waals surface area contributed by atoms with Gasteiger partial charge >= 0.3 is 0 Å². The van der Waals surface area contributed by atoms with E-state index in [-0.39, 0.29) is 11.3 Å². The van der Waals surface area contributed by atoms with Crippen LogP contribution in [0.4, 0.5) is 5.69 Å². The molecule has 0 aliphatic heterocycles. The minimum Gasteiger partial charge on any atom is -0.378 e. The zero-order valence-corrected chi connectivity index (χ0v) is 23.3. The van der Waals surface area contributed by atoms with Gasteiger partial charge in [0.15, 0.2) is 0 Å². The number of nitrogens with zero attached hydrogens (tertiary/aromatic N) is 4. The SMILES string of the molecule is CCCCN(CCCC)c1ccc2nc(C=CC3=CC(C(O)C#N)CC(C)(C)C3)n(CC(C)C)c2c1. The van der Waals surface area contributed by atoms with Crippen molar-refractivity contribution in [3.05, 3.63) is 41.7 Å². The highest BCUT2D eigenvalue weighted by Crippen LogP contribution is 2.40. The third kappa shape index (κ3) is 7.23. The van der Waals surface area contributed by atoms with Gasteiger partial charge in [-0.05, 0) is 61.3 Å². The van der Waals surface area contributed by atoms with Gasteiger partial charge in [-0.2, -0.15) is 5.26 Å². The van der Waals surface area contributed by atoms with Gasteiger partial charge in [0.25, 0.3) is 0 Å². The Kier molecular flexibility index (Phi) is 9.79. The summed E-state index contributed by atoms with van der Waals surface area (Å²) in [7, 11) is 0. The largest absolute Gasteiger partial charge is 0.378 e. The molecule has 1 heterocycles. The summed E-state index contributed by atoms with van der Waals surface area (Å²) in [6, 6.07) is 8.75. The van der Waals surface area contributed by atoms with Crippen molar-refractivity contribution in [1.29, 1.82) is 5.26 Å². The fraction of sp³-hybridized carbons (Fsp3) is 0.613. The lowest BCUT2D eigenvalue weighted by Crippen LogP contribution is -2.28. The number of aliphatic hydroxyl groups excluding tert-OH is 1. The average Bonchev–Trinajstić information content (AvgIpc) is 3.17. The van der Waals surface area contributed by atoms with E-state index in [9.17, 15) is 10.4 Å². The van der Waals surface area contributed by atoms with Gasteiger partial charge in [-0.25, -0.2) is 4.98 Å². The molecule has 5 heteroatoms. The number of anilines is 1. The van der Waals surface area contributed by atoms with Crippen molar-refractivity contribution in [2.45, 2.75) is 92.7 Å². The number of benzene rings is 1. The summed E-state index contributed by atoms with van der Waals surface area (Å²) in [5.74, 6) is 1.33. The molecule has 3 rings (SSSR count). The molecule has 2 atom stereocenters. The number of imidazole rings is 1. The maximum atomic E-state index is 10.2. The van der Waals surface area contributed by atoms with E-state index in [1.165, 1.54) is 42.5 Å². The predicted molar refractivity (Wildman–Crippen MR) is 152 cm³/mol. The highest BCUT2D eigenvalue weighted by Gasteiger charge is 2.31. The molecule has 0 spiro atoms. The van der Waals surface area contributed by atoms with Crippen LogP contribution in [0.5, 0.6) is 0 Å². The minimum atomic E-state index is -0.958. The number of aromatic nitrogens is 2. The molecular formula is C31H46N4O. The zero-order valence-electron chi connectivity index (χ0n) is 23.3. The van der Waals surface area contributed by atoms with Crippen LogP contribution in [0.2, 0.25) is 0 Å². The molecule has 1 aromatic carbocycles. The third-order valence-electron chi connectivity index (χ3n) is 7.12. The summed E-state index contributed by atoms with van der Waals surface area (Å²) in [6.45, 7) is 16.5. The van der Waals surface area contributed by atoms with E-state index in [1.807, 2.05) is 6.07 Å². The molecule has 0 radical (unpaired) electrons. The van der Waals surface area contributed by atoms with Crippen LogP contribution in [0.25, 0.3) is 17.1 Å². The molecule has 5 nitrogen and oxygen atoms in total. The summed E-state index contributed by atoms with van der Waals surface area (Å²) < 4.78 is 2.36. The first kappa shape index (κ1) is 28.0. The van der Waals surface area contributed by atoms with E-state index in [0.717, 1.165) is 43.8 Å². The van der Waals surface area contributed by atoms with Crippen LogP contribution in [-0.4, -0.2) is 33.9 Å². The maximum absolute atomic E-state index is 10.2. The molecule has 0 amide bonds. The fourth-order valence-corrected chi connectivity index (χ4v) is 5.33. The Bertz CT molecular complexity index is 1090. The van der Waals surface area contributed by atoms with Crippen LogP contribution in [0, 0.1) is 28.6 Å². The molecule has 0 bridgehead atoms. The van der Waals surface area contributed by atoms with Gasteiger partial charge in [0, 0.05) is 31.2 Å². The van der Waals surface area contributed by atoms with E-state index in [1.54, 1.807) is 0 Å². The van der Waals surface area contributed by atoms with Crippen molar-refractivity contribution in [2.24, 2.45) is 17.3 Å². The number of aliphatic hydroxyl groups is 1. The third-order valence-corrected chi connectivity index (χ3v) is 7.12. The van der Waals surface area contributed by atoms with E-state index >= 15 is 0 Å². The first-order valence-electron chi connectivity index (χ1n) is 13.9. The number of nitriles is 1. The van der Waals surface area contributed by atoms with Crippen LogP contribution < -0.4 is 4.90 Å². The second-order valence-corrected chi connectivity index (χ2v) is 11.7. The summed E-state index contributed by atoms with van der Waals surface area (Å²) in [6.07, 6.45) is 11.9. The Balaban J connectivity index is 1.98. The first-order valence-corrected chi connectivity index (χ1v) is 13.9. The molecule has 2 aromatic rings. The molecule has 1 aliphatic rings. The molecule has 196 valence electrons. The summed E-state index contributed by atoms with van der Waals surface area (Å²) >= 11 is 0. The zero-order chi connectivity index (χ0) is 26.3. The molecule has 2 unspecified atom stereocenters. The first-order chi connectivity index (χ1) is 17.2. The van der Waals surface area contributed by atoms with Gasteiger partial charge in [-0.1, -0.05) is 72.1 Å². The molecule has 0 saturated carbocycles. The fourth-order valence-electron chi connectivity index (χ4n) is 5.33. The van der Waals surface area contributed by atoms with Gasteiger partial charge in [0.05, 0.1) is 17.1 Å². The molecule has 0 fully saturated rings. The van der Waals surface area contributed by atoms with Crippen molar-refractivity contribution in [1.82, 2.24) is 9.55 Å². The van der Waals surface area contributed by atoms with Gasteiger partial charge < -0.3 is 14.6 Å². The van der Waals surface area contributed by atoms with Crippen LogP contribution in [0.1, 0.15) is 85.9 Å². The topological polar surface area (TPSA) is 65.1 Å². The van der Waals surface area contributed by atoms with Crippen molar-refractivity contribution < 1.29 is 5.11 Å². The van der Waals surface area contributed by atoms with Crippen LogP contribution in [0.15, 0.2) is 35.9 Å². The van der Waals surface area contributed by atoms with Crippen molar-refractivity contribution in [3.8, 4) is 6.07 Å². The molecular weight excluding hydrogens is 444 g/mol. The van der Waals surface area contributed by atoms with E-state index in [0.29, 0.717) is 5.92 Å². The predicted octanol–water partition coefficient (Wildman–Crippen LogP) is 7.36. The highest BCUT2D eigenvalue weighted by molar-refractivity contribution is 5.82. The second-order valence-electron chi connectivity index (χ2n) is 11.7. The Morgan fingerprint density at radius 1 is 1.19 bits per heavy atom. The quantitative estimate of drug-likeness (QED) is 0.316. The number of hydrogen-bond acceptors (Lipinski definition) is 4. The number of rotatable bonds is 12. The Morgan fingerprint density at radius 2 is 1.89 bits per heavy atom. The lowest BCUT2D eigenvalue weighted by molar-refractivity contribution is 0.137. The highest BCUT2D eigenvalue weighted by atomic mass is 16.3. The number of hydrogen-bond donors (Lipinski definition) is 1. The smallest absolute Gasteiger partial charge is 0.146 e. The lowest BCUT2D eigenvalue weighted by Gasteiger charge is -2.34. The number of allylic oxidation sites excluding steroid dienone is 2. The number of fused-ring (bicyclic) bond motifs is 1. The second kappa shape index (κ2) is 12.6. The summed E-state index contributed by atoms with van der Waals surface area (Å²) in [4.78, 5) is 7.54. The van der Waals surface area contributed by atoms with Gasteiger partial charge in [0.2, 0.25) is 0 Å². The van der Waals surface area contributed by atoms with E-state index in [4.69, 9.17) is 4.98 Å². The standard InChI is InChI=1S/C31H46N4O/c1-7-9-15-34(16-10-8-2)26-12-13-27-28(18-26)35(22-23(3)4)30(33-27)14-11-24-17-25(29(36)21-32)20-31(5,6)19-24/h11-14,17-18,23,25,29,36H,7-10,15-16,19-20,22H2,1-6H3. The molecule has 36 heavy (non-hydrogen) atoms. The van der Waals surface area contributed by atoms with Crippen LogP contribution in [-0.2, 0) is 6.54 Å². The normalized spacial score (nSPS) is 18.5. The lowest BCUT2D eigenvalue weighted by atomic mass is 9.71. The minimum absolute atomic E-state index is 0.0460. The maximum Gasteiger partial charge on any atom is 0.146 e. The molecule has 1 aliphatic carbocycles. The van der Waals surface area contributed by atoms with Crippen molar-refractivity contribution >= 4 is 22.8 Å². The van der Waals surface area contributed by atoms with Crippen LogP contribution >= 0.6 is 0 Å². The molecule has 1 N–H and O–H groups in total. The monoisotopic (exact) mass is 490 g/mol. The van der Waals surface area contributed by atoms with Crippen molar-refractivity contribution in [3.63, 3.8) is 0 Å². The van der Waals surface area contributed by atoms with Crippen LogP contribution in [0.3, 0.4) is 0 Å². The van der Waals surface area contributed by atoms with Gasteiger partial charge in [0.1, 0.15) is 11.9 Å². The van der Waals surface area contributed by atoms with E-state index < -0.39 is 6.10 Å². The van der Waals surface area contributed by atoms with Gasteiger partial charge in [-0.15, -0.1) is 0 Å². The average molecular weight is 491 g/mol. The molecule has 0 saturated heterocycles.